The van der Waals surface area contributed by atoms with E-state index in [2.05, 4.69) is 27.5 Å². The van der Waals surface area contributed by atoms with Crippen LogP contribution in [0.2, 0.25) is 0 Å². The van der Waals surface area contributed by atoms with E-state index in [0.717, 1.165) is 44.7 Å². The smallest absolute Gasteiger partial charge is 0.294 e. The molecule has 11 nitrogen and oxygen atoms in total. The summed E-state index contributed by atoms with van der Waals surface area (Å²) in [6.45, 7) is 3.31. The summed E-state index contributed by atoms with van der Waals surface area (Å²) in [6.07, 6.45) is 11.3. The molecule has 212 valence electrons. The van der Waals surface area contributed by atoms with Gasteiger partial charge in [0.25, 0.3) is 5.91 Å². The second-order valence-corrected chi connectivity index (χ2v) is 12.9. The molecule has 4 saturated carbocycles. The molecule has 8 rings (SSSR count). The van der Waals surface area contributed by atoms with Crippen LogP contribution in [0.15, 0.2) is 41.2 Å². The Morgan fingerprint density at radius 3 is 2.58 bits per heavy atom. The average molecular weight is 552 g/mol. The number of fused-ring (bicyclic) bond motifs is 1. The van der Waals surface area contributed by atoms with Gasteiger partial charge in [0.2, 0.25) is 11.7 Å². The number of hydrogen-bond donors (Lipinski definition) is 2. The predicted molar refractivity (Wildman–Crippen MR) is 140 cm³/mol. The molecule has 2 N–H and O–H groups in total. The lowest BCUT2D eigenvalue weighted by atomic mass is 9.42. The van der Waals surface area contributed by atoms with Gasteiger partial charge in [0, 0.05) is 38.0 Å². The maximum Gasteiger partial charge on any atom is 0.294 e. The molecular weight excluding hydrogens is 517 g/mol. The molecule has 2 amide bonds. The fourth-order valence-electron chi connectivity index (χ4n) is 9.04. The highest BCUT2D eigenvalue weighted by atomic mass is 19.1. The number of carbonyl (C=O) groups is 3. The monoisotopic (exact) mass is 551 g/mol. The first-order valence-corrected chi connectivity index (χ1v) is 14.3. The largest absolute Gasteiger partial charge is 0.390 e. The SMILES string of the molecule is CC[C@@]12C[C@H]3C[C@@](O)(C1)C[C@](C(=O)N1CCN(C(=O)C(=O)C4=CNC5C(n6ccnn6)=NC=C(F)C45)CC1)(C3)C2. The molecule has 40 heavy (non-hydrogen) atoms. The number of ketones is 1. The standard InChI is InChI=1S/C28H34FN7O4/c1-2-26-9-17-10-27(14-26,16-28(40,11-17)15-26)25(39)35-7-5-34(6-8-35)24(38)22(37)18-12-30-21-20(18)19(29)13-31-23(21)36-4-3-32-33-36/h3-4,12-13,17,20-21,30,40H,2,5-11,14-16H2,1H3/t17-,20?,21?,26+,27+,28-/m1/s1. The van der Waals surface area contributed by atoms with Crippen LogP contribution in [-0.2, 0) is 14.4 Å². The van der Waals surface area contributed by atoms with Gasteiger partial charge in [0.1, 0.15) is 5.83 Å². The van der Waals surface area contributed by atoms with E-state index in [4.69, 9.17) is 0 Å². The second kappa shape index (κ2) is 8.79. The first-order chi connectivity index (χ1) is 19.1. The molecule has 5 fully saturated rings. The molecule has 2 unspecified atom stereocenters. The number of nitrogens with zero attached hydrogens (tertiary/aromatic N) is 6. The molecule has 0 spiro atoms. The molecular formula is C28H34FN7O4. The van der Waals surface area contributed by atoms with Gasteiger partial charge in [0.05, 0.1) is 41.6 Å². The summed E-state index contributed by atoms with van der Waals surface area (Å²) in [6, 6.07) is -0.686. The number of halogens is 1. The molecule has 0 aromatic carbocycles. The number of aromatic nitrogens is 3. The van der Waals surface area contributed by atoms with Crippen LogP contribution in [0, 0.1) is 22.7 Å². The van der Waals surface area contributed by atoms with Gasteiger partial charge >= 0.3 is 0 Å². The summed E-state index contributed by atoms with van der Waals surface area (Å²) in [4.78, 5) is 47.9. The quantitative estimate of drug-likeness (QED) is 0.537. The van der Waals surface area contributed by atoms with Gasteiger partial charge in [-0.05, 0) is 49.9 Å². The molecule has 1 aromatic heterocycles. The molecule has 0 radical (unpaired) electrons. The Morgan fingerprint density at radius 1 is 1.10 bits per heavy atom. The van der Waals surface area contributed by atoms with Crippen LogP contribution in [0.4, 0.5) is 4.39 Å². The molecule has 7 aliphatic rings. The van der Waals surface area contributed by atoms with Crippen LogP contribution in [0.25, 0.3) is 0 Å². The summed E-state index contributed by atoms with van der Waals surface area (Å²) >= 11 is 0. The van der Waals surface area contributed by atoms with Crippen LogP contribution >= 0.6 is 0 Å². The van der Waals surface area contributed by atoms with Gasteiger partial charge in [-0.2, -0.15) is 0 Å². The van der Waals surface area contributed by atoms with E-state index < -0.39 is 40.5 Å². The van der Waals surface area contributed by atoms with E-state index in [9.17, 15) is 23.9 Å². The molecule has 12 heteroatoms. The normalized spacial score (nSPS) is 37.9. The van der Waals surface area contributed by atoms with Crippen LogP contribution < -0.4 is 5.32 Å². The van der Waals surface area contributed by atoms with E-state index in [-0.39, 0.29) is 30.0 Å². The molecule has 1 aromatic rings. The van der Waals surface area contributed by atoms with Crippen molar-refractivity contribution in [1.82, 2.24) is 30.1 Å². The minimum Gasteiger partial charge on any atom is -0.390 e. The second-order valence-electron chi connectivity index (χ2n) is 12.9. The number of rotatable bonds is 4. The van der Waals surface area contributed by atoms with Gasteiger partial charge in [-0.1, -0.05) is 18.6 Å². The number of amides is 2. The van der Waals surface area contributed by atoms with Gasteiger partial charge in [0.15, 0.2) is 5.84 Å². The summed E-state index contributed by atoms with van der Waals surface area (Å²) in [7, 11) is 0. The van der Waals surface area contributed by atoms with E-state index in [1.54, 1.807) is 6.20 Å². The van der Waals surface area contributed by atoms with Crippen LogP contribution in [0.1, 0.15) is 51.9 Å². The third kappa shape index (κ3) is 3.78. The third-order valence-corrected chi connectivity index (χ3v) is 10.3. The van der Waals surface area contributed by atoms with Crippen molar-refractivity contribution in [1.29, 1.82) is 0 Å². The van der Waals surface area contributed by atoms with E-state index in [0.29, 0.717) is 31.3 Å². The van der Waals surface area contributed by atoms with E-state index in [1.807, 2.05) is 4.90 Å². The lowest BCUT2D eigenvalue weighted by Crippen LogP contribution is -2.65. The Labute approximate surface area is 231 Å². The van der Waals surface area contributed by atoms with E-state index >= 15 is 0 Å². The molecule has 6 atom stereocenters. The summed E-state index contributed by atoms with van der Waals surface area (Å²) in [5, 5.41) is 22.0. The minimum atomic E-state index is -0.983. The highest BCUT2D eigenvalue weighted by molar-refractivity contribution is 6.43. The lowest BCUT2D eigenvalue weighted by Gasteiger charge is -2.65. The topological polar surface area (TPSA) is 133 Å². The first-order valence-electron chi connectivity index (χ1n) is 14.3. The predicted octanol–water partition coefficient (Wildman–Crippen LogP) is 1.17. The Bertz CT molecular complexity index is 1370. The number of aliphatic imine (C=N–C) groups is 1. The Kier molecular flexibility index (Phi) is 5.62. The number of Topliss-reactive ketones (excluding diaryl/α,β-unsaturated/α-hetero) is 1. The van der Waals surface area contributed by atoms with E-state index in [1.165, 1.54) is 22.0 Å². The first kappa shape index (κ1) is 25.6. The molecule has 4 aliphatic carbocycles. The van der Waals surface area contributed by atoms with Gasteiger partial charge in [-0.15, -0.1) is 5.10 Å². The Morgan fingerprint density at radius 2 is 1.88 bits per heavy atom. The maximum atomic E-state index is 14.9. The molecule has 4 bridgehead atoms. The highest BCUT2D eigenvalue weighted by Crippen LogP contribution is 2.68. The van der Waals surface area contributed by atoms with Crippen molar-refractivity contribution < 1.29 is 23.9 Å². The van der Waals surface area contributed by atoms with Crippen molar-refractivity contribution in [2.75, 3.05) is 26.2 Å². The van der Waals surface area contributed by atoms with Crippen LogP contribution in [0.3, 0.4) is 0 Å². The number of carbonyl (C=O) groups excluding carboxylic acids is 3. The summed E-state index contributed by atoms with van der Waals surface area (Å²) in [5.74, 6) is -2.21. The minimum absolute atomic E-state index is 0.0380. The number of nitrogens with one attached hydrogen (secondary N) is 1. The Balaban J connectivity index is 1.01. The van der Waals surface area contributed by atoms with Crippen molar-refractivity contribution in [2.24, 2.45) is 27.7 Å². The molecule has 3 aliphatic heterocycles. The summed E-state index contributed by atoms with van der Waals surface area (Å²) in [5.41, 5.74) is -1.20. The zero-order valence-corrected chi connectivity index (χ0v) is 22.6. The van der Waals surface area contributed by atoms with Crippen LogP contribution in [-0.4, -0.2) is 91.2 Å². The van der Waals surface area contributed by atoms with Gasteiger partial charge < -0.3 is 20.2 Å². The number of hydrogen-bond acceptors (Lipinski definition) is 8. The number of piperazine rings is 1. The summed E-state index contributed by atoms with van der Waals surface area (Å²) < 4.78 is 16.3. The van der Waals surface area contributed by atoms with Crippen molar-refractivity contribution in [3.63, 3.8) is 0 Å². The van der Waals surface area contributed by atoms with Crippen molar-refractivity contribution in [3.8, 4) is 0 Å². The third-order valence-electron chi connectivity index (χ3n) is 10.3. The zero-order chi connectivity index (χ0) is 27.9. The fourth-order valence-corrected chi connectivity index (χ4v) is 9.04. The van der Waals surface area contributed by atoms with Crippen molar-refractivity contribution in [3.05, 3.63) is 36.2 Å². The zero-order valence-electron chi connectivity index (χ0n) is 22.6. The van der Waals surface area contributed by atoms with Crippen LogP contribution in [0.5, 0.6) is 0 Å². The lowest BCUT2D eigenvalue weighted by molar-refractivity contribution is -0.210. The van der Waals surface area contributed by atoms with Gasteiger partial charge in [-0.25, -0.2) is 14.1 Å². The van der Waals surface area contributed by atoms with Crippen molar-refractivity contribution >= 4 is 23.4 Å². The Hall–Kier alpha value is -3.41. The number of aliphatic hydroxyl groups is 1. The molecule has 1 saturated heterocycles. The molecule has 4 heterocycles. The maximum absolute atomic E-state index is 14.9. The average Bonchev–Trinajstić information content (AvgIpc) is 3.62. The fraction of sp³-hybridized carbons (Fsp3) is 0.643. The van der Waals surface area contributed by atoms with Crippen molar-refractivity contribution in [2.45, 2.75) is 63.5 Å². The van der Waals surface area contributed by atoms with Gasteiger partial charge in [-0.3, -0.25) is 14.4 Å². The highest BCUT2D eigenvalue weighted by Gasteiger charge is 2.65.